The van der Waals surface area contributed by atoms with Crippen molar-refractivity contribution in [2.75, 3.05) is 27.4 Å². The summed E-state index contributed by atoms with van der Waals surface area (Å²) < 4.78 is 10.5. The van der Waals surface area contributed by atoms with Gasteiger partial charge in [-0.3, -0.25) is 0 Å². The van der Waals surface area contributed by atoms with Gasteiger partial charge in [0, 0.05) is 18.2 Å². The van der Waals surface area contributed by atoms with Gasteiger partial charge in [0.1, 0.15) is 11.5 Å². The van der Waals surface area contributed by atoms with Crippen LogP contribution in [0, 0.1) is 6.92 Å². The molecule has 5 nitrogen and oxygen atoms in total. The summed E-state index contributed by atoms with van der Waals surface area (Å²) in [5, 5.41) is 21.1. The summed E-state index contributed by atoms with van der Waals surface area (Å²) in [5.74, 6) is 1.47. The van der Waals surface area contributed by atoms with Gasteiger partial charge in [-0.15, -0.1) is 0 Å². The van der Waals surface area contributed by atoms with Gasteiger partial charge >= 0.3 is 0 Å². The SMILES string of the molecule is COc1cc(C)c(CNC(CO)CO)c(OC)c1. The predicted octanol–water partition coefficient (Wildman–Crippen LogP) is 0.455. The van der Waals surface area contributed by atoms with Gasteiger partial charge in [-0.1, -0.05) is 0 Å². The van der Waals surface area contributed by atoms with E-state index in [1.807, 2.05) is 19.1 Å². The van der Waals surface area contributed by atoms with Crippen LogP contribution in [0.2, 0.25) is 0 Å². The number of nitrogens with one attached hydrogen (secondary N) is 1. The molecule has 0 amide bonds. The summed E-state index contributed by atoms with van der Waals surface area (Å²) in [6.07, 6.45) is 0. The Bertz CT molecular complexity index is 377. The quantitative estimate of drug-likeness (QED) is 0.660. The first-order valence-electron chi connectivity index (χ1n) is 5.82. The Kier molecular flexibility index (Phi) is 5.91. The average Bonchev–Trinajstić information content (AvgIpc) is 2.40. The number of ether oxygens (including phenoxy) is 2. The Morgan fingerprint density at radius 1 is 1.17 bits per heavy atom. The number of benzene rings is 1. The third-order valence-electron chi connectivity index (χ3n) is 2.87. The van der Waals surface area contributed by atoms with E-state index in [4.69, 9.17) is 19.7 Å². The first-order chi connectivity index (χ1) is 8.65. The fourth-order valence-corrected chi connectivity index (χ4v) is 1.71. The molecule has 0 bridgehead atoms. The summed E-state index contributed by atoms with van der Waals surface area (Å²) in [6.45, 7) is 2.28. The Morgan fingerprint density at radius 3 is 2.33 bits per heavy atom. The lowest BCUT2D eigenvalue weighted by Crippen LogP contribution is -2.35. The third-order valence-corrected chi connectivity index (χ3v) is 2.87. The van der Waals surface area contributed by atoms with E-state index in [1.165, 1.54) is 0 Å². The topological polar surface area (TPSA) is 71.0 Å². The molecule has 0 aliphatic carbocycles. The van der Waals surface area contributed by atoms with E-state index in [2.05, 4.69) is 5.32 Å². The van der Waals surface area contributed by atoms with E-state index >= 15 is 0 Å². The molecular formula is C13H21NO4. The first kappa shape index (κ1) is 14.8. The molecule has 0 aromatic heterocycles. The van der Waals surface area contributed by atoms with E-state index in [1.54, 1.807) is 14.2 Å². The lowest BCUT2D eigenvalue weighted by molar-refractivity contribution is 0.170. The summed E-state index contributed by atoms with van der Waals surface area (Å²) in [6, 6.07) is 3.42. The van der Waals surface area contributed by atoms with Crippen LogP contribution in [0.4, 0.5) is 0 Å². The molecule has 0 radical (unpaired) electrons. The molecule has 0 heterocycles. The van der Waals surface area contributed by atoms with Gasteiger partial charge in [-0.05, 0) is 18.6 Å². The molecule has 0 aliphatic heterocycles. The Balaban J connectivity index is 2.87. The van der Waals surface area contributed by atoms with Crippen molar-refractivity contribution in [1.82, 2.24) is 5.32 Å². The molecule has 1 rings (SSSR count). The number of hydrogen-bond donors (Lipinski definition) is 3. The number of hydrogen-bond acceptors (Lipinski definition) is 5. The zero-order valence-electron chi connectivity index (χ0n) is 11.1. The molecule has 1 aromatic carbocycles. The normalized spacial score (nSPS) is 10.8. The van der Waals surface area contributed by atoms with Crippen molar-refractivity contribution < 1.29 is 19.7 Å². The highest BCUT2D eigenvalue weighted by atomic mass is 16.5. The van der Waals surface area contributed by atoms with Gasteiger partial charge in [0.25, 0.3) is 0 Å². The zero-order chi connectivity index (χ0) is 13.5. The average molecular weight is 255 g/mol. The van der Waals surface area contributed by atoms with Crippen LogP contribution in [0.1, 0.15) is 11.1 Å². The van der Waals surface area contributed by atoms with Gasteiger partial charge in [-0.25, -0.2) is 0 Å². The minimum absolute atomic E-state index is 0.103. The van der Waals surface area contributed by atoms with Crippen LogP contribution >= 0.6 is 0 Å². The Labute approximate surface area is 107 Å². The minimum atomic E-state index is -0.323. The van der Waals surface area contributed by atoms with Gasteiger partial charge in [0.2, 0.25) is 0 Å². The fraction of sp³-hybridized carbons (Fsp3) is 0.538. The fourth-order valence-electron chi connectivity index (χ4n) is 1.71. The number of rotatable bonds is 7. The van der Waals surface area contributed by atoms with Crippen LogP contribution in [0.5, 0.6) is 11.5 Å². The highest BCUT2D eigenvalue weighted by Gasteiger charge is 2.11. The molecule has 0 saturated heterocycles. The van der Waals surface area contributed by atoms with Crippen LogP contribution in [-0.4, -0.2) is 43.7 Å². The predicted molar refractivity (Wildman–Crippen MR) is 69.1 cm³/mol. The molecular weight excluding hydrogens is 234 g/mol. The standard InChI is InChI=1S/C13H21NO4/c1-9-4-11(17-2)5-13(18-3)12(9)6-14-10(7-15)8-16/h4-5,10,14-16H,6-8H2,1-3H3. The largest absolute Gasteiger partial charge is 0.497 e. The maximum absolute atomic E-state index is 9.01. The summed E-state index contributed by atoms with van der Waals surface area (Å²) in [5.41, 5.74) is 2.03. The van der Waals surface area contributed by atoms with E-state index in [-0.39, 0.29) is 19.3 Å². The maximum atomic E-state index is 9.01. The highest BCUT2D eigenvalue weighted by molar-refractivity contribution is 5.46. The highest BCUT2D eigenvalue weighted by Crippen LogP contribution is 2.28. The van der Waals surface area contributed by atoms with E-state index in [9.17, 15) is 0 Å². The second kappa shape index (κ2) is 7.20. The summed E-state index contributed by atoms with van der Waals surface area (Å²) in [7, 11) is 3.22. The van der Waals surface area contributed by atoms with Crippen LogP contribution in [0.25, 0.3) is 0 Å². The van der Waals surface area contributed by atoms with Crippen molar-refractivity contribution >= 4 is 0 Å². The van der Waals surface area contributed by atoms with Gasteiger partial charge in [0.05, 0.1) is 33.5 Å². The monoisotopic (exact) mass is 255 g/mol. The summed E-state index contributed by atoms with van der Waals surface area (Å²) in [4.78, 5) is 0. The molecule has 0 saturated carbocycles. The molecule has 3 N–H and O–H groups in total. The van der Waals surface area contributed by atoms with Crippen molar-refractivity contribution in [3.63, 3.8) is 0 Å². The van der Waals surface area contributed by atoms with Crippen molar-refractivity contribution in [3.8, 4) is 11.5 Å². The van der Waals surface area contributed by atoms with Crippen LogP contribution in [0.3, 0.4) is 0 Å². The third kappa shape index (κ3) is 3.60. The minimum Gasteiger partial charge on any atom is -0.497 e. The molecule has 18 heavy (non-hydrogen) atoms. The van der Waals surface area contributed by atoms with E-state index in [0.29, 0.717) is 6.54 Å². The van der Waals surface area contributed by atoms with Gasteiger partial charge in [0.15, 0.2) is 0 Å². The van der Waals surface area contributed by atoms with Crippen LogP contribution in [0.15, 0.2) is 12.1 Å². The van der Waals surface area contributed by atoms with Gasteiger partial charge in [-0.2, -0.15) is 0 Å². The first-order valence-corrected chi connectivity index (χ1v) is 5.82. The van der Waals surface area contributed by atoms with Crippen molar-refractivity contribution in [1.29, 1.82) is 0 Å². The van der Waals surface area contributed by atoms with Crippen LogP contribution in [-0.2, 0) is 6.54 Å². The maximum Gasteiger partial charge on any atom is 0.127 e. The number of aryl methyl sites for hydroxylation is 1. The Hall–Kier alpha value is -1.30. The van der Waals surface area contributed by atoms with E-state index < -0.39 is 0 Å². The number of aliphatic hydroxyl groups is 2. The number of aliphatic hydroxyl groups excluding tert-OH is 2. The second-order valence-electron chi connectivity index (χ2n) is 4.07. The molecule has 0 atom stereocenters. The lowest BCUT2D eigenvalue weighted by atomic mass is 10.1. The van der Waals surface area contributed by atoms with Crippen molar-refractivity contribution in [3.05, 3.63) is 23.3 Å². The Morgan fingerprint density at radius 2 is 1.83 bits per heavy atom. The molecule has 1 aromatic rings. The molecule has 102 valence electrons. The molecule has 0 aliphatic rings. The van der Waals surface area contributed by atoms with Gasteiger partial charge < -0.3 is 25.0 Å². The molecule has 0 fully saturated rings. The molecule has 5 heteroatoms. The zero-order valence-corrected chi connectivity index (χ0v) is 11.1. The molecule has 0 spiro atoms. The lowest BCUT2D eigenvalue weighted by Gasteiger charge is -2.17. The van der Waals surface area contributed by atoms with Crippen molar-refractivity contribution in [2.24, 2.45) is 0 Å². The van der Waals surface area contributed by atoms with Crippen LogP contribution < -0.4 is 14.8 Å². The second-order valence-corrected chi connectivity index (χ2v) is 4.07. The summed E-state index contributed by atoms with van der Waals surface area (Å²) >= 11 is 0. The number of methoxy groups -OCH3 is 2. The smallest absolute Gasteiger partial charge is 0.127 e. The molecule has 0 unspecified atom stereocenters. The van der Waals surface area contributed by atoms with Crippen molar-refractivity contribution in [2.45, 2.75) is 19.5 Å². The van der Waals surface area contributed by atoms with E-state index in [0.717, 1.165) is 22.6 Å².